The Morgan fingerprint density at radius 2 is 1.95 bits per heavy atom. The zero-order valence-electron chi connectivity index (χ0n) is 11.1. The summed E-state index contributed by atoms with van der Waals surface area (Å²) in [5, 5.41) is 11.7. The van der Waals surface area contributed by atoms with Gasteiger partial charge in [-0.25, -0.2) is 0 Å². The number of hydrogen-bond acceptors (Lipinski definition) is 3. The molecule has 0 aromatic heterocycles. The third-order valence-electron chi connectivity index (χ3n) is 2.70. The SMILES string of the molecule is CC(C)(CC(=O)Nc1ccc(Cl)cc1C(N)=O)C(=O)O. The molecule has 0 aliphatic heterocycles. The van der Waals surface area contributed by atoms with Crippen molar-refractivity contribution in [3.05, 3.63) is 28.8 Å². The van der Waals surface area contributed by atoms with Crippen LogP contribution in [0.5, 0.6) is 0 Å². The van der Waals surface area contributed by atoms with Crippen LogP contribution in [0.2, 0.25) is 5.02 Å². The quantitative estimate of drug-likeness (QED) is 0.771. The standard InChI is InChI=1S/C13H15ClN2O4/c1-13(2,12(19)20)6-10(17)16-9-4-3-7(14)5-8(9)11(15)18/h3-5H,6H2,1-2H3,(H2,15,18)(H,16,17)(H,19,20). The Morgan fingerprint density at radius 3 is 2.45 bits per heavy atom. The number of carboxylic acid groups (broad SMARTS) is 1. The molecule has 0 atom stereocenters. The molecule has 0 radical (unpaired) electrons. The highest BCUT2D eigenvalue weighted by atomic mass is 35.5. The van der Waals surface area contributed by atoms with Gasteiger partial charge in [0.25, 0.3) is 5.91 Å². The van der Waals surface area contributed by atoms with Gasteiger partial charge in [0.1, 0.15) is 0 Å². The van der Waals surface area contributed by atoms with Crippen molar-refractivity contribution in [1.29, 1.82) is 0 Å². The molecule has 20 heavy (non-hydrogen) atoms. The van der Waals surface area contributed by atoms with Gasteiger partial charge in [-0.2, -0.15) is 0 Å². The Bertz CT molecular complexity index is 569. The van der Waals surface area contributed by atoms with Crippen molar-refractivity contribution in [2.75, 3.05) is 5.32 Å². The van der Waals surface area contributed by atoms with E-state index in [1.165, 1.54) is 32.0 Å². The molecular formula is C13H15ClN2O4. The van der Waals surface area contributed by atoms with Crippen molar-refractivity contribution in [1.82, 2.24) is 0 Å². The lowest BCUT2D eigenvalue weighted by molar-refractivity contribution is -0.148. The summed E-state index contributed by atoms with van der Waals surface area (Å²) in [6, 6.07) is 4.27. The molecule has 0 heterocycles. The first-order chi connectivity index (χ1) is 9.13. The van der Waals surface area contributed by atoms with Gasteiger partial charge in [-0.15, -0.1) is 0 Å². The van der Waals surface area contributed by atoms with Gasteiger partial charge in [0, 0.05) is 11.4 Å². The largest absolute Gasteiger partial charge is 0.481 e. The molecule has 0 bridgehead atoms. The van der Waals surface area contributed by atoms with E-state index in [4.69, 9.17) is 22.4 Å². The Balaban J connectivity index is 2.92. The topological polar surface area (TPSA) is 109 Å². The van der Waals surface area contributed by atoms with Crippen molar-refractivity contribution in [2.24, 2.45) is 11.1 Å². The van der Waals surface area contributed by atoms with E-state index in [2.05, 4.69) is 5.32 Å². The average molecular weight is 299 g/mol. The van der Waals surface area contributed by atoms with E-state index in [0.29, 0.717) is 5.02 Å². The number of benzene rings is 1. The maximum absolute atomic E-state index is 11.8. The lowest BCUT2D eigenvalue weighted by Crippen LogP contribution is -2.30. The zero-order valence-corrected chi connectivity index (χ0v) is 11.8. The number of hydrogen-bond donors (Lipinski definition) is 3. The highest BCUT2D eigenvalue weighted by Gasteiger charge is 2.30. The van der Waals surface area contributed by atoms with Gasteiger partial charge in [0.15, 0.2) is 0 Å². The summed E-state index contributed by atoms with van der Waals surface area (Å²) in [4.78, 5) is 34.1. The van der Waals surface area contributed by atoms with Gasteiger partial charge in [-0.05, 0) is 32.0 Å². The van der Waals surface area contributed by atoms with Crippen LogP contribution in [0, 0.1) is 5.41 Å². The van der Waals surface area contributed by atoms with E-state index < -0.39 is 23.2 Å². The van der Waals surface area contributed by atoms with Crippen molar-refractivity contribution in [3.8, 4) is 0 Å². The minimum Gasteiger partial charge on any atom is -0.481 e. The van der Waals surface area contributed by atoms with Gasteiger partial charge in [-0.1, -0.05) is 11.6 Å². The minimum absolute atomic E-state index is 0.0685. The van der Waals surface area contributed by atoms with Crippen molar-refractivity contribution >= 4 is 35.1 Å². The van der Waals surface area contributed by atoms with Crippen LogP contribution in [-0.2, 0) is 9.59 Å². The minimum atomic E-state index is -1.20. The molecule has 1 aromatic rings. The predicted octanol–water partition coefficient (Wildman–Crippen LogP) is 1.88. The Hall–Kier alpha value is -2.08. The molecule has 0 unspecified atom stereocenters. The first-order valence-corrected chi connectivity index (χ1v) is 6.14. The summed E-state index contributed by atoms with van der Waals surface area (Å²) < 4.78 is 0. The molecule has 0 saturated carbocycles. The van der Waals surface area contributed by atoms with Gasteiger partial charge in [-0.3, -0.25) is 14.4 Å². The number of aliphatic carboxylic acids is 1. The maximum Gasteiger partial charge on any atom is 0.309 e. The molecule has 2 amide bonds. The van der Waals surface area contributed by atoms with E-state index in [9.17, 15) is 14.4 Å². The van der Waals surface area contributed by atoms with Crippen LogP contribution in [0.3, 0.4) is 0 Å². The second-order valence-corrected chi connectivity index (χ2v) is 5.40. The second-order valence-electron chi connectivity index (χ2n) is 4.97. The lowest BCUT2D eigenvalue weighted by Gasteiger charge is -2.18. The molecule has 0 fully saturated rings. The number of nitrogens with two attached hydrogens (primary N) is 1. The van der Waals surface area contributed by atoms with Crippen molar-refractivity contribution in [2.45, 2.75) is 20.3 Å². The fourth-order valence-electron chi connectivity index (χ4n) is 1.50. The number of amides is 2. The van der Waals surface area contributed by atoms with Crippen molar-refractivity contribution in [3.63, 3.8) is 0 Å². The van der Waals surface area contributed by atoms with Crippen LogP contribution in [0.1, 0.15) is 30.6 Å². The number of primary amides is 1. The highest BCUT2D eigenvalue weighted by Crippen LogP contribution is 2.24. The van der Waals surface area contributed by atoms with Gasteiger partial charge in [0.05, 0.1) is 16.7 Å². The molecule has 108 valence electrons. The summed E-state index contributed by atoms with van der Waals surface area (Å²) >= 11 is 5.75. The van der Waals surface area contributed by atoms with Gasteiger partial charge in [0.2, 0.25) is 5.91 Å². The van der Waals surface area contributed by atoms with Crippen LogP contribution in [0.15, 0.2) is 18.2 Å². The van der Waals surface area contributed by atoms with Crippen LogP contribution >= 0.6 is 11.6 Å². The number of nitrogens with one attached hydrogen (secondary N) is 1. The van der Waals surface area contributed by atoms with Gasteiger partial charge >= 0.3 is 5.97 Å². The lowest BCUT2D eigenvalue weighted by atomic mass is 9.89. The maximum atomic E-state index is 11.8. The first kappa shape index (κ1) is 16.0. The Labute approximate surface area is 120 Å². The molecule has 1 rings (SSSR count). The molecular weight excluding hydrogens is 284 g/mol. The van der Waals surface area contributed by atoms with Crippen LogP contribution < -0.4 is 11.1 Å². The zero-order chi connectivity index (χ0) is 15.5. The fraction of sp³-hybridized carbons (Fsp3) is 0.308. The van der Waals surface area contributed by atoms with E-state index in [0.717, 1.165) is 0 Å². The average Bonchev–Trinajstić information content (AvgIpc) is 2.30. The number of halogens is 1. The molecule has 6 nitrogen and oxygen atoms in total. The third kappa shape index (κ3) is 3.96. The van der Waals surface area contributed by atoms with Crippen LogP contribution in [0.25, 0.3) is 0 Å². The Morgan fingerprint density at radius 1 is 1.35 bits per heavy atom. The molecule has 4 N–H and O–H groups in total. The smallest absolute Gasteiger partial charge is 0.309 e. The molecule has 0 saturated heterocycles. The number of carbonyl (C=O) groups is 3. The Kier molecular flexibility index (Phi) is 4.73. The third-order valence-corrected chi connectivity index (χ3v) is 2.94. The van der Waals surface area contributed by atoms with E-state index in [-0.39, 0.29) is 17.7 Å². The predicted molar refractivity (Wildman–Crippen MR) is 74.6 cm³/mol. The highest BCUT2D eigenvalue weighted by molar-refractivity contribution is 6.31. The summed E-state index contributed by atoms with van der Waals surface area (Å²) in [5.74, 6) is -2.35. The normalized spacial score (nSPS) is 10.9. The van der Waals surface area contributed by atoms with Crippen molar-refractivity contribution < 1.29 is 19.5 Å². The molecule has 1 aromatic carbocycles. The fourth-order valence-corrected chi connectivity index (χ4v) is 1.67. The van der Waals surface area contributed by atoms with Crippen LogP contribution in [-0.4, -0.2) is 22.9 Å². The molecule has 0 aliphatic rings. The second kappa shape index (κ2) is 5.92. The van der Waals surface area contributed by atoms with E-state index in [1.807, 2.05) is 0 Å². The van der Waals surface area contributed by atoms with Gasteiger partial charge < -0.3 is 16.2 Å². The molecule has 7 heteroatoms. The summed E-state index contributed by atoms with van der Waals surface area (Å²) in [5.41, 5.74) is 4.26. The summed E-state index contributed by atoms with van der Waals surface area (Å²) in [6.45, 7) is 2.87. The number of carboxylic acids is 1. The molecule has 0 spiro atoms. The van der Waals surface area contributed by atoms with E-state index >= 15 is 0 Å². The van der Waals surface area contributed by atoms with E-state index in [1.54, 1.807) is 0 Å². The summed E-state index contributed by atoms with van der Waals surface area (Å²) in [6.07, 6.45) is -0.233. The molecule has 0 aliphatic carbocycles. The van der Waals surface area contributed by atoms with Crippen LogP contribution in [0.4, 0.5) is 5.69 Å². The first-order valence-electron chi connectivity index (χ1n) is 5.76. The summed E-state index contributed by atoms with van der Waals surface area (Å²) in [7, 11) is 0. The number of anilines is 1. The number of rotatable bonds is 5. The monoisotopic (exact) mass is 298 g/mol. The number of carbonyl (C=O) groups excluding carboxylic acids is 2.